The molecule has 2 heterocycles. The third-order valence-corrected chi connectivity index (χ3v) is 3.02. The number of aromatic nitrogens is 4. The zero-order valence-electron chi connectivity index (χ0n) is 9.92. The fourth-order valence-electron chi connectivity index (χ4n) is 1.98. The maximum Gasteiger partial charge on any atom is 0.229 e. The van der Waals surface area contributed by atoms with Crippen LogP contribution in [0.4, 0.5) is 0 Å². The molecule has 5 nitrogen and oxygen atoms in total. The normalized spacial score (nSPS) is 10.9. The van der Waals surface area contributed by atoms with Gasteiger partial charge in [-0.25, -0.2) is 4.52 Å². The monoisotopic (exact) mass is 240 g/mol. The minimum absolute atomic E-state index is 0.0721. The maximum absolute atomic E-state index is 12.1. The van der Waals surface area contributed by atoms with Crippen LogP contribution >= 0.6 is 0 Å². The van der Waals surface area contributed by atoms with Gasteiger partial charge in [-0.2, -0.15) is 0 Å². The lowest BCUT2D eigenvalue weighted by Gasteiger charge is -2.06. The molecule has 5 heteroatoms. The number of hydrogen-bond acceptors (Lipinski definition) is 3. The lowest BCUT2D eigenvalue weighted by molar-refractivity contribution is 0.849. The first-order valence-electron chi connectivity index (χ1n) is 5.71. The second kappa shape index (κ2) is 4.10. The van der Waals surface area contributed by atoms with E-state index in [1.54, 1.807) is 4.52 Å². The Morgan fingerprint density at radius 2 is 2.06 bits per heavy atom. The van der Waals surface area contributed by atoms with Gasteiger partial charge in [-0.3, -0.25) is 9.89 Å². The molecule has 0 aliphatic heterocycles. The first-order chi connectivity index (χ1) is 8.75. The van der Waals surface area contributed by atoms with Gasteiger partial charge < -0.3 is 0 Å². The molecule has 0 amide bonds. The van der Waals surface area contributed by atoms with Gasteiger partial charge in [-0.15, -0.1) is 10.2 Å². The van der Waals surface area contributed by atoms with Crippen LogP contribution in [0.25, 0.3) is 5.65 Å². The third-order valence-electron chi connectivity index (χ3n) is 3.02. The molecule has 1 N–H and O–H groups in total. The van der Waals surface area contributed by atoms with Crippen molar-refractivity contribution in [3.8, 4) is 0 Å². The molecule has 1 aromatic carbocycles. The van der Waals surface area contributed by atoms with Gasteiger partial charge in [0.05, 0.1) is 0 Å². The topological polar surface area (TPSA) is 63.1 Å². The van der Waals surface area contributed by atoms with Crippen LogP contribution in [0.2, 0.25) is 0 Å². The Balaban J connectivity index is 2.12. The number of H-pyrrole nitrogens is 1. The summed E-state index contributed by atoms with van der Waals surface area (Å²) in [6.45, 7) is 1.81. The molecule has 3 rings (SSSR count). The van der Waals surface area contributed by atoms with E-state index in [0.29, 0.717) is 17.6 Å². The van der Waals surface area contributed by atoms with E-state index in [9.17, 15) is 4.79 Å². The SMILES string of the molecule is Cc1c(Cc2ccccc2)[nH]n2cnnc2c1=O. The minimum atomic E-state index is -0.0721. The van der Waals surface area contributed by atoms with Crippen molar-refractivity contribution in [1.82, 2.24) is 19.8 Å². The Labute approximate surface area is 103 Å². The second-order valence-electron chi connectivity index (χ2n) is 4.23. The van der Waals surface area contributed by atoms with Gasteiger partial charge in [0, 0.05) is 17.7 Å². The van der Waals surface area contributed by atoms with Crippen LogP contribution in [0.1, 0.15) is 16.8 Å². The average Bonchev–Trinajstić information content (AvgIpc) is 2.85. The molecule has 3 aromatic rings. The molecule has 0 bridgehead atoms. The van der Waals surface area contributed by atoms with Crippen LogP contribution in [-0.2, 0) is 6.42 Å². The first kappa shape index (κ1) is 10.7. The zero-order chi connectivity index (χ0) is 12.5. The summed E-state index contributed by atoms with van der Waals surface area (Å²) in [7, 11) is 0. The van der Waals surface area contributed by atoms with Gasteiger partial charge in [-0.1, -0.05) is 30.3 Å². The van der Waals surface area contributed by atoms with E-state index in [1.165, 1.54) is 6.33 Å². The molecular weight excluding hydrogens is 228 g/mol. The smallest absolute Gasteiger partial charge is 0.229 e. The summed E-state index contributed by atoms with van der Waals surface area (Å²) in [6.07, 6.45) is 2.20. The fraction of sp³-hybridized carbons (Fsp3) is 0.154. The van der Waals surface area contributed by atoms with Crippen LogP contribution in [0.15, 0.2) is 41.5 Å². The summed E-state index contributed by atoms with van der Waals surface area (Å²) < 4.78 is 1.56. The van der Waals surface area contributed by atoms with E-state index in [0.717, 1.165) is 11.3 Å². The van der Waals surface area contributed by atoms with Gasteiger partial charge in [-0.05, 0) is 12.5 Å². The van der Waals surface area contributed by atoms with Crippen molar-refractivity contribution in [2.24, 2.45) is 0 Å². The largest absolute Gasteiger partial charge is 0.295 e. The van der Waals surface area contributed by atoms with E-state index in [1.807, 2.05) is 37.3 Å². The summed E-state index contributed by atoms with van der Waals surface area (Å²) in [5.41, 5.74) is 3.00. The zero-order valence-corrected chi connectivity index (χ0v) is 9.92. The molecule has 0 aliphatic carbocycles. The molecule has 0 radical (unpaired) electrons. The highest BCUT2D eigenvalue weighted by molar-refractivity contribution is 5.40. The van der Waals surface area contributed by atoms with Crippen molar-refractivity contribution in [1.29, 1.82) is 0 Å². The quantitative estimate of drug-likeness (QED) is 0.734. The maximum atomic E-state index is 12.1. The number of nitrogens with one attached hydrogen (secondary N) is 1. The highest BCUT2D eigenvalue weighted by Gasteiger charge is 2.09. The molecular formula is C13H12N4O. The van der Waals surface area contributed by atoms with Gasteiger partial charge in [0.15, 0.2) is 0 Å². The predicted octanol–water partition coefficient (Wildman–Crippen LogP) is 1.32. The highest BCUT2D eigenvalue weighted by atomic mass is 16.1. The molecule has 0 aliphatic rings. The van der Waals surface area contributed by atoms with Crippen molar-refractivity contribution in [2.75, 3.05) is 0 Å². The van der Waals surface area contributed by atoms with Gasteiger partial charge in [0.2, 0.25) is 11.1 Å². The molecule has 0 saturated carbocycles. The molecule has 18 heavy (non-hydrogen) atoms. The van der Waals surface area contributed by atoms with Gasteiger partial charge in [0.1, 0.15) is 6.33 Å². The van der Waals surface area contributed by atoms with Crippen molar-refractivity contribution >= 4 is 5.65 Å². The fourth-order valence-corrected chi connectivity index (χ4v) is 1.98. The first-order valence-corrected chi connectivity index (χ1v) is 5.71. The van der Waals surface area contributed by atoms with Crippen molar-refractivity contribution in [2.45, 2.75) is 13.3 Å². The third kappa shape index (κ3) is 1.69. The van der Waals surface area contributed by atoms with Crippen molar-refractivity contribution in [3.05, 3.63) is 63.7 Å². The van der Waals surface area contributed by atoms with E-state index < -0.39 is 0 Å². The Morgan fingerprint density at radius 3 is 2.83 bits per heavy atom. The summed E-state index contributed by atoms with van der Waals surface area (Å²) in [6, 6.07) is 10.0. The lowest BCUT2D eigenvalue weighted by atomic mass is 10.1. The van der Waals surface area contributed by atoms with E-state index in [2.05, 4.69) is 15.3 Å². The molecule has 0 saturated heterocycles. The van der Waals surface area contributed by atoms with Crippen LogP contribution < -0.4 is 5.43 Å². The number of rotatable bonds is 2. The molecule has 0 unspecified atom stereocenters. The predicted molar refractivity (Wildman–Crippen MR) is 67.6 cm³/mol. The number of benzene rings is 1. The summed E-state index contributed by atoms with van der Waals surface area (Å²) >= 11 is 0. The van der Waals surface area contributed by atoms with Gasteiger partial charge >= 0.3 is 0 Å². The van der Waals surface area contributed by atoms with Crippen molar-refractivity contribution in [3.63, 3.8) is 0 Å². The average molecular weight is 240 g/mol. The molecule has 2 aromatic heterocycles. The van der Waals surface area contributed by atoms with Crippen LogP contribution in [0.5, 0.6) is 0 Å². The van der Waals surface area contributed by atoms with Gasteiger partial charge in [0.25, 0.3) is 0 Å². The van der Waals surface area contributed by atoms with E-state index >= 15 is 0 Å². The summed E-state index contributed by atoms with van der Waals surface area (Å²) in [4.78, 5) is 12.1. The number of hydrogen-bond donors (Lipinski definition) is 1. The Bertz CT molecular complexity index is 743. The summed E-state index contributed by atoms with van der Waals surface area (Å²) in [5.74, 6) is 0. The molecule has 0 atom stereocenters. The number of aromatic amines is 1. The lowest BCUT2D eigenvalue weighted by Crippen LogP contribution is -2.16. The van der Waals surface area contributed by atoms with Crippen LogP contribution in [0.3, 0.4) is 0 Å². The number of nitrogens with zero attached hydrogens (tertiary/aromatic N) is 3. The Hall–Kier alpha value is -2.43. The minimum Gasteiger partial charge on any atom is -0.295 e. The van der Waals surface area contributed by atoms with E-state index in [4.69, 9.17) is 0 Å². The Morgan fingerprint density at radius 1 is 1.28 bits per heavy atom. The number of fused-ring (bicyclic) bond motifs is 1. The van der Waals surface area contributed by atoms with E-state index in [-0.39, 0.29) is 5.43 Å². The summed E-state index contributed by atoms with van der Waals surface area (Å²) in [5, 5.41) is 10.7. The standard InChI is InChI=1S/C13H12N4O/c1-9-11(7-10-5-3-2-4-6-10)16-17-8-14-15-13(17)12(9)18/h2-6,8,16H,7H2,1H3. The molecule has 0 spiro atoms. The second-order valence-corrected chi connectivity index (χ2v) is 4.23. The molecule has 0 fully saturated rings. The highest BCUT2D eigenvalue weighted by Crippen LogP contribution is 2.09. The Kier molecular flexibility index (Phi) is 2.44. The van der Waals surface area contributed by atoms with Crippen molar-refractivity contribution < 1.29 is 0 Å². The van der Waals surface area contributed by atoms with Crippen LogP contribution in [-0.4, -0.2) is 19.8 Å². The van der Waals surface area contributed by atoms with Crippen LogP contribution in [0, 0.1) is 6.92 Å². The molecule has 90 valence electrons.